The molecule has 0 aromatic heterocycles. The number of benzene rings is 1. The average Bonchev–Trinajstić information content (AvgIpc) is 2.15. The van der Waals surface area contributed by atoms with Crippen molar-refractivity contribution in [3.63, 3.8) is 0 Å². The van der Waals surface area contributed by atoms with E-state index < -0.39 is 0 Å². The first-order chi connectivity index (χ1) is 5.84. The van der Waals surface area contributed by atoms with E-state index in [-0.39, 0.29) is 0 Å². The Hall–Kier alpha value is -1.31. The van der Waals surface area contributed by atoms with Gasteiger partial charge in [0.1, 0.15) is 6.29 Å². The minimum absolute atomic E-state index is 0.589. The average molecular weight is 163 g/mol. The van der Waals surface area contributed by atoms with Crippen molar-refractivity contribution in [1.82, 2.24) is 0 Å². The molecule has 2 heteroatoms. The first kappa shape index (κ1) is 8.78. The molecule has 0 saturated carbocycles. The van der Waals surface area contributed by atoms with Gasteiger partial charge < -0.3 is 9.69 Å². The highest BCUT2D eigenvalue weighted by atomic mass is 16.1. The maximum atomic E-state index is 10.1. The van der Waals surface area contributed by atoms with E-state index in [1.54, 1.807) is 0 Å². The van der Waals surface area contributed by atoms with Crippen LogP contribution in [0.1, 0.15) is 6.42 Å². The smallest absolute Gasteiger partial charge is 0.121 e. The molecular formula is C10H13NO. The highest BCUT2D eigenvalue weighted by Crippen LogP contribution is 2.10. The minimum Gasteiger partial charge on any atom is -0.374 e. The van der Waals surface area contributed by atoms with Crippen molar-refractivity contribution in [2.75, 3.05) is 18.5 Å². The molecular weight excluding hydrogens is 150 g/mol. The summed E-state index contributed by atoms with van der Waals surface area (Å²) in [6.07, 6.45) is 1.53. The second-order valence-corrected chi connectivity index (χ2v) is 2.71. The molecule has 0 spiro atoms. The monoisotopic (exact) mass is 163 g/mol. The fourth-order valence-electron chi connectivity index (χ4n) is 1.06. The molecule has 0 saturated heterocycles. The lowest BCUT2D eigenvalue weighted by Crippen LogP contribution is -2.18. The highest BCUT2D eigenvalue weighted by Gasteiger charge is 1.96. The quantitative estimate of drug-likeness (QED) is 0.630. The van der Waals surface area contributed by atoms with E-state index >= 15 is 0 Å². The third kappa shape index (κ3) is 2.38. The van der Waals surface area contributed by atoms with E-state index in [2.05, 4.69) is 4.90 Å². The van der Waals surface area contributed by atoms with Gasteiger partial charge in [-0.25, -0.2) is 0 Å². The molecule has 0 fully saturated rings. The lowest BCUT2D eigenvalue weighted by molar-refractivity contribution is -0.107. The van der Waals surface area contributed by atoms with Gasteiger partial charge in [0, 0.05) is 25.7 Å². The maximum absolute atomic E-state index is 10.1. The second-order valence-electron chi connectivity index (χ2n) is 2.71. The van der Waals surface area contributed by atoms with Crippen LogP contribution in [0.15, 0.2) is 30.3 Å². The van der Waals surface area contributed by atoms with Crippen molar-refractivity contribution in [3.8, 4) is 0 Å². The first-order valence-electron chi connectivity index (χ1n) is 4.04. The molecule has 0 aliphatic rings. The van der Waals surface area contributed by atoms with Crippen molar-refractivity contribution < 1.29 is 4.79 Å². The number of aldehydes is 1. The molecule has 1 aromatic rings. The number of nitrogens with zero attached hydrogens (tertiary/aromatic N) is 1. The summed E-state index contributed by atoms with van der Waals surface area (Å²) in [5.74, 6) is 0. The van der Waals surface area contributed by atoms with Gasteiger partial charge in [-0.2, -0.15) is 0 Å². The lowest BCUT2D eigenvalue weighted by Gasteiger charge is -2.17. The number of rotatable bonds is 4. The van der Waals surface area contributed by atoms with E-state index in [9.17, 15) is 4.79 Å². The molecule has 0 aliphatic carbocycles. The second kappa shape index (κ2) is 4.54. The summed E-state index contributed by atoms with van der Waals surface area (Å²) in [6, 6.07) is 10.0. The number of carbonyl (C=O) groups is 1. The van der Waals surface area contributed by atoms with Crippen LogP contribution in [-0.2, 0) is 4.79 Å². The molecule has 0 amide bonds. The maximum Gasteiger partial charge on any atom is 0.121 e. The van der Waals surface area contributed by atoms with Crippen molar-refractivity contribution in [3.05, 3.63) is 30.3 Å². The number of carbonyl (C=O) groups excluding carboxylic acids is 1. The predicted molar refractivity (Wildman–Crippen MR) is 50.4 cm³/mol. The summed E-state index contributed by atoms with van der Waals surface area (Å²) in [6.45, 7) is 0.785. The predicted octanol–water partition coefficient (Wildman–Crippen LogP) is 1.71. The number of hydrogen-bond acceptors (Lipinski definition) is 2. The van der Waals surface area contributed by atoms with Gasteiger partial charge >= 0.3 is 0 Å². The normalized spacial score (nSPS) is 9.42. The molecule has 0 aliphatic heterocycles. The Bertz CT molecular complexity index is 233. The van der Waals surface area contributed by atoms with Crippen LogP contribution in [-0.4, -0.2) is 19.9 Å². The van der Waals surface area contributed by atoms with Gasteiger partial charge in [0.15, 0.2) is 0 Å². The van der Waals surface area contributed by atoms with Gasteiger partial charge in [0.2, 0.25) is 0 Å². The van der Waals surface area contributed by atoms with Crippen molar-refractivity contribution >= 4 is 12.0 Å². The molecule has 0 bridgehead atoms. The Morgan fingerprint density at radius 2 is 2.00 bits per heavy atom. The summed E-state index contributed by atoms with van der Waals surface area (Å²) in [5.41, 5.74) is 1.15. The Labute approximate surface area is 72.8 Å². The Morgan fingerprint density at radius 3 is 2.58 bits per heavy atom. The summed E-state index contributed by atoms with van der Waals surface area (Å²) in [5, 5.41) is 0. The number of anilines is 1. The van der Waals surface area contributed by atoms with Gasteiger partial charge in [-0.1, -0.05) is 18.2 Å². The van der Waals surface area contributed by atoms with Crippen LogP contribution in [0.2, 0.25) is 0 Å². The molecule has 0 atom stereocenters. The van der Waals surface area contributed by atoms with E-state index in [4.69, 9.17) is 0 Å². The van der Waals surface area contributed by atoms with E-state index in [0.29, 0.717) is 6.42 Å². The molecule has 2 nitrogen and oxygen atoms in total. The van der Waals surface area contributed by atoms with Gasteiger partial charge in [-0.05, 0) is 12.1 Å². The Kier molecular flexibility index (Phi) is 3.33. The van der Waals surface area contributed by atoms with Crippen LogP contribution >= 0.6 is 0 Å². The third-order valence-corrected chi connectivity index (χ3v) is 1.78. The zero-order chi connectivity index (χ0) is 8.81. The molecule has 0 unspecified atom stereocenters. The van der Waals surface area contributed by atoms with Crippen LogP contribution in [0.25, 0.3) is 0 Å². The fraction of sp³-hybridized carbons (Fsp3) is 0.300. The van der Waals surface area contributed by atoms with Gasteiger partial charge in [0.25, 0.3) is 0 Å². The van der Waals surface area contributed by atoms with Crippen molar-refractivity contribution in [2.24, 2.45) is 0 Å². The minimum atomic E-state index is 0.589. The van der Waals surface area contributed by atoms with Gasteiger partial charge in [-0.3, -0.25) is 0 Å². The van der Waals surface area contributed by atoms with Crippen LogP contribution < -0.4 is 4.90 Å². The lowest BCUT2D eigenvalue weighted by atomic mass is 10.3. The summed E-state index contributed by atoms with van der Waals surface area (Å²) in [7, 11) is 1.98. The Morgan fingerprint density at radius 1 is 1.33 bits per heavy atom. The van der Waals surface area contributed by atoms with Crippen LogP contribution in [0.5, 0.6) is 0 Å². The summed E-state index contributed by atoms with van der Waals surface area (Å²) < 4.78 is 0. The standard InChI is InChI=1S/C10H13NO/c1-11(8-5-9-12)10-6-3-2-4-7-10/h2-4,6-7,9H,5,8H2,1H3. The van der Waals surface area contributed by atoms with Crippen LogP contribution in [0.3, 0.4) is 0 Å². The number of para-hydroxylation sites is 1. The molecule has 64 valence electrons. The van der Waals surface area contributed by atoms with Gasteiger partial charge in [0.05, 0.1) is 0 Å². The van der Waals surface area contributed by atoms with Crippen LogP contribution in [0, 0.1) is 0 Å². The molecule has 12 heavy (non-hydrogen) atoms. The Balaban J connectivity index is 2.53. The highest BCUT2D eigenvalue weighted by molar-refractivity contribution is 5.52. The SMILES string of the molecule is CN(CCC=O)c1ccccc1. The summed E-state index contributed by atoms with van der Waals surface area (Å²) in [4.78, 5) is 12.2. The van der Waals surface area contributed by atoms with Crippen molar-refractivity contribution in [1.29, 1.82) is 0 Å². The number of hydrogen-bond donors (Lipinski definition) is 0. The fourth-order valence-corrected chi connectivity index (χ4v) is 1.06. The first-order valence-corrected chi connectivity index (χ1v) is 4.04. The molecule has 1 aromatic carbocycles. The zero-order valence-corrected chi connectivity index (χ0v) is 7.23. The van der Waals surface area contributed by atoms with Gasteiger partial charge in [-0.15, -0.1) is 0 Å². The zero-order valence-electron chi connectivity index (χ0n) is 7.23. The van der Waals surface area contributed by atoms with E-state index in [1.807, 2.05) is 37.4 Å². The third-order valence-electron chi connectivity index (χ3n) is 1.78. The molecule has 0 N–H and O–H groups in total. The molecule has 0 heterocycles. The summed E-state index contributed by atoms with van der Waals surface area (Å²) >= 11 is 0. The van der Waals surface area contributed by atoms with Crippen LogP contribution in [0.4, 0.5) is 5.69 Å². The molecule has 1 rings (SSSR count). The van der Waals surface area contributed by atoms with Crippen molar-refractivity contribution in [2.45, 2.75) is 6.42 Å². The van der Waals surface area contributed by atoms with E-state index in [1.165, 1.54) is 0 Å². The molecule has 0 radical (unpaired) electrons. The van der Waals surface area contributed by atoms with E-state index in [0.717, 1.165) is 18.5 Å². The topological polar surface area (TPSA) is 20.3 Å². The largest absolute Gasteiger partial charge is 0.374 e.